The van der Waals surface area contributed by atoms with E-state index in [1.807, 2.05) is 119 Å². The fourth-order valence-corrected chi connectivity index (χ4v) is 14.4. The number of aliphatic hydroxyl groups excluding tert-OH is 3. The molecule has 0 unspecified atom stereocenters. The molecule has 0 bridgehead atoms. The average molecular weight is 1390 g/mol. The van der Waals surface area contributed by atoms with Crippen LogP contribution in [0.4, 0.5) is 56.0 Å². The van der Waals surface area contributed by atoms with E-state index < -0.39 is 0 Å². The molecule has 103 heavy (non-hydrogen) atoms. The zero-order valence-corrected chi connectivity index (χ0v) is 56.4. The number of amides is 3. The van der Waals surface area contributed by atoms with Gasteiger partial charge in [-0.05, 0) is 129 Å². The number of halogens is 1. The van der Waals surface area contributed by atoms with Crippen LogP contribution in [0.5, 0.6) is 5.75 Å². The number of ether oxygens (including phenoxy) is 1. The summed E-state index contributed by atoms with van der Waals surface area (Å²) in [4.78, 5) is 76.5. The first-order valence-corrected chi connectivity index (χ1v) is 34.4. The number of carbonyl (C=O) groups is 3. The lowest BCUT2D eigenvalue weighted by Crippen LogP contribution is -2.35. The standard InChI is InChI=1S/C26H26N6O3.C25H25N7O2.C24H22FN7O2/c1-35-22-3-2-10-32-21(15-28-25(22)32)18-5-6-20(24-19(18)14-29-26(24)34)30-23-7-4-16(13-27-23)31-11-8-17(33)9-12-31;1-15-12-29-32-21(6-9-26-24(15)32)18-3-4-20(23-19(18)14-28-25(23)34)30-22-5-2-16(13-27-22)31-10-7-17(33)8-11-31;25-14-3-8-32-19(13-27-21(32)9-14)23-17-11-29-24(34)22(17)18(12-28-23)30-20-2-1-15(10-26-20)31-6-4-16(33)5-7-31/h2-7,10,13,15,17,33H,8-9,11-12,14H2,1H3,(H,27,30)(H,29,34);2-6,9,12-13,17,33H,7-8,10-11,14H2,1H3,(H,27,30)(H,28,34);1-3,8-10,12-13,16,33H,4-7,11H2,(H,26,30)(H,29,34). The molecular weight excluding hydrogens is 1310 g/mol. The molecule has 0 atom stereocenters. The van der Waals surface area contributed by atoms with E-state index in [4.69, 9.17) is 4.74 Å². The number of nitrogens with zero attached hydrogens (tertiary/aromatic N) is 14. The smallest absolute Gasteiger partial charge is 0.254 e. The van der Waals surface area contributed by atoms with Gasteiger partial charge in [0.2, 0.25) is 0 Å². The van der Waals surface area contributed by atoms with Gasteiger partial charge in [0.05, 0.1) is 142 Å². The van der Waals surface area contributed by atoms with Crippen LogP contribution in [0.2, 0.25) is 0 Å². The normalized spacial score (nSPS) is 16.0. The van der Waals surface area contributed by atoms with Crippen LogP contribution < -0.4 is 51.3 Å². The molecule has 3 fully saturated rings. The predicted octanol–water partition coefficient (Wildman–Crippen LogP) is 9.28. The number of imidazole rings is 2. The van der Waals surface area contributed by atoms with Crippen molar-refractivity contribution in [2.45, 2.75) is 83.4 Å². The summed E-state index contributed by atoms with van der Waals surface area (Å²) in [7, 11) is 1.63. The quantitative estimate of drug-likeness (QED) is 0.0519. The fourth-order valence-electron chi connectivity index (χ4n) is 14.4. The topological polar surface area (TPSA) is 319 Å². The van der Waals surface area contributed by atoms with E-state index in [-0.39, 0.29) is 41.9 Å². The molecule has 27 nitrogen and oxygen atoms in total. The first-order valence-electron chi connectivity index (χ1n) is 34.4. The molecule has 18 rings (SSSR count). The summed E-state index contributed by atoms with van der Waals surface area (Å²) in [6.07, 6.45) is 21.6. The fraction of sp³-hybridized carbons (Fsp3) is 0.267. The van der Waals surface area contributed by atoms with Gasteiger partial charge in [0, 0.05) is 106 Å². The highest BCUT2D eigenvalue weighted by Crippen LogP contribution is 2.40. The Hall–Kier alpha value is -12.1. The van der Waals surface area contributed by atoms with E-state index in [9.17, 15) is 34.1 Å². The summed E-state index contributed by atoms with van der Waals surface area (Å²) in [5.41, 5.74) is 17.4. The molecule has 6 aliphatic rings. The summed E-state index contributed by atoms with van der Waals surface area (Å²) < 4.78 is 24.6. The highest BCUT2D eigenvalue weighted by atomic mass is 19.1. The number of pyridine rings is 6. The largest absolute Gasteiger partial charge is 0.493 e. The van der Waals surface area contributed by atoms with Gasteiger partial charge in [-0.1, -0.05) is 12.1 Å². The van der Waals surface area contributed by atoms with Gasteiger partial charge in [0.25, 0.3) is 17.7 Å². The second-order valence-corrected chi connectivity index (χ2v) is 26.2. The summed E-state index contributed by atoms with van der Waals surface area (Å²) >= 11 is 0. The van der Waals surface area contributed by atoms with Crippen LogP contribution in [-0.2, 0) is 19.6 Å². The molecule has 0 saturated carbocycles. The van der Waals surface area contributed by atoms with Crippen LogP contribution in [0.1, 0.15) is 91.9 Å². The van der Waals surface area contributed by atoms with E-state index in [0.717, 1.165) is 157 Å². The molecule has 16 heterocycles. The van der Waals surface area contributed by atoms with Gasteiger partial charge in [-0.25, -0.2) is 38.8 Å². The molecule has 0 spiro atoms. The van der Waals surface area contributed by atoms with Crippen molar-refractivity contribution in [1.82, 2.24) is 69.3 Å². The summed E-state index contributed by atoms with van der Waals surface area (Å²) in [5.74, 6) is 1.86. The lowest BCUT2D eigenvalue weighted by Gasteiger charge is -2.31. The monoisotopic (exact) mass is 1380 g/mol. The zero-order valence-electron chi connectivity index (χ0n) is 56.4. The Morgan fingerprint density at radius 1 is 0.485 bits per heavy atom. The maximum atomic E-state index is 13.6. The van der Waals surface area contributed by atoms with Crippen LogP contribution in [0, 0.1) is 12.7 Å². The Morgan fingerprint density at radius 2 is 0.990 bits per heavy atom. The van der Waals surface area contributed by atoms with Crippen molar-refractivity contribution in [3.63, 3.8) is 0 Å². The number of anilines is 9. The molecule has 3 amide bonds. The Balaban J connectivity index is 0.000000119. The molecule has 10 aromatic heterocycles. The third-order valence-electron chi connectivity index (χ3n) is 19.9. The number of benzene rings is 2. The van der Waals surface area contributed by atoms with Crippen LogP contribution in [0.15, 0.2) is 153 Å². The molecule has 522 valence electrons. The number of rotatable bonds is 13. The van der Waals surface area contributed by atoms with Gasteiger partial charge < -0.3 is 66.7 Å². The van der Waals surface area contributed by atoms with Gasteiger partial charge in [-0.2, -0.15) is 5.10 Å². The van der Waals surface area contributed by atoms with Crippen molar-refractivity contribution in [3.8, 4) is 39.7 Å². The SMILES string of the molecule is COc1cccn2c(-c3ccc(Nc4ccc(N5CCC(O)CC5)cn4)c4c3CNC4=O)cnc12.Cc1cnn2c(-c3ccc(Nc4ccc(N5CCC(O)CC5)cn4)c4c3CNC4=O)ccnc12.O=C1NCc2c(-c3cnc4cc(F)ccn34)ncc(Nc3ccc(N4CCC(O)CC4)cn3)c21. The zero-order chi connectivity index (χ0) is 70.4. The van der Waals surface area contributed by atoms with Crippen LogP contribution in [-0.4, -0.2) is 151 Å². The molecule has 9 N–H and O–H groups in total. The van der Waals surface area contributed by atoms with Gasteiger partial charge in [-0.15, -0.1) is 0 Å². The van der Waals surface area contributed by atoms with Gasteiger partial charge >= 0.3 is 0 Å². The van der Waals surface area contributed by atoms with Gasteiger partial charge in [0.15, 0.2) is 17.0 Å². The van der Waals surface area contributed by atoms with Crippen LogP contribution >= 0.6 is 0 Å². The summed E-state index contributed by atoms with van der Waals surface area (Å²) in [5, 5.41) is 52.3. The Kier molecular flexibility index (Phi) is 17.6. The van der Waals surface area contributed by atoms with Gasteiger partial charge in [0.1, 0.15) is 28.9 Å². The molecule has 0 radical (unpaired) electrons. The lowest BCUT2D eigenvalue weighted by atomic mass is 9.98. The third kappa shape index (κ3) is 12.9. The molecule has 3 saturated heterocycles. The summed E-state index contributed by atoms with van der Waals surface area (Å²) in [6.45, 7) is 8.10. The first kappa shape index (κ1) is 65.5. The van der Waals surface area contributed by atoms with E-state index in [1.54, 1.807) is 48.7 Å². The number of piperidine rings is 3. The van der Waals surface area contributed by atoms with Crippen LogP contribution in [0.25, 0.3) is 50.8 Å². The summed E-state index contributed by atoms with van der Waals surface area (Å²) in [6, 6.07) is 28.0. The molecule has 0 aliphatic carbocycles. The minimum atomic E-state index is -0.365. The molecule has 12 aromatic rings. The Morgan fingerprint density at radius 3 is 1.51 bits per heavy atom. The maximum Gasteiger partial charge on any atom is 0.254 e. The predicted molar refractivity (Wildman–Crippen MR) is 387 cm³/mol. The molecular formula is C75H73FN20O7. The highest BCUT2D eigenvalue weighted by Gasteiger charge is 2.32. The number of hydrogen-bond acceptors (Lipinski definition) is 21. The Labute approximate surface area is 589 Å². The van der Waals surface area contributed by atoms with E-state index in [2.05, 4.69) is 86.6 Å². The van der Waals surface area contributed by atoms with Crippen molar-refractivity contribution in [2.24, 2.45) is 0 Å². The van der Waals surface area contributed by atoms with Crippen molar-refractivity contribution < 1.29 is 38.8 Å². The number of hydrogen-bond donors (Lipinski definition) is 9. The van der Waals surface area contributed by atoms with Crippen molar-refractivity contribution in [3.05, 3.63) is 198 Å². The number of fused-ring (bicyclic) bond motifs is 6. The molecule has 6 aliphatic heterocycles. The Bertz CT molecular complexity index is 5220. The van der Waals surface area contributed by atoms with E-state index in [0.29, 0.717) is 87.9 Å². The minimum absolute atomic E-state index is 0.107. The highest BCUT2D eigenvalue weighted by molar-refractivity contribution is 6.08. The third-order valence-corrected chi connectivity index (χ3v) is 19.9. The second kappa shape index (κ2) is 27.8. The van der Waals surface area contributed by atoms with E-state index in [1.165, 1.54) is 12.1 Å². The van der Waals surface area contributed by atoms with Crippen molar-refractivity contribution in [2.75, 3.05) is 77.0 Å². The van der Waals surface area contributed by atoms with E-state index >= 15 is 0 Å². The first-order chi connectivity index (χ1) is 50.3. The number of aliphatic hydroxyl groups is 3. The van der Waals surface area contributed by atoms with Crippen LogP contribution in [0.3, 0.4) is 0 Å². The number of aryl methyl sites for hydroxylation is 1. The van der Waals surface area contributed by atoms with Gasteiger partial charge in [-0.3, -0.25) is 28.2 Å². The maximum absolute atomic E-state index is 13.6. The lowest BCUT2D eigenvalue weighted by molar-refractivity contribution is 0.0958. The number of nitrogens with one attached hydrogen (secondary N) is 6. The number of methoxy groups -OCH3 is 1. The minimum Gasteiger partial charge on any atom is -0.493 e. The average Bonchev–Trinajstić information content (AvgIpc) is 1.64. The number of carbonyl (C=O) groups excluding carboxylic acids is 3. The van der Waals surface area contributed by atoms with Crippen molar-refractivity contribution >= 4 is 86.2 Å². The van der Waals surface area contributed by atoms with Crippen molar-refractivity contribution in [1.29, 1.82) is 0 Å². The number of aromatic nitrogens is 11. The molecule has 2 aromatic carbocycles. The second-order valence-electron chi connectivity index (χ2n) is 26.2. The molecule has 28 heteroatoms.